The summed E-state index contributed by atoms with van der Waals surface area (Å²) in [4.78, 5) is 25.2. The Kier molecular flexibility index (Phi) is 4.50. The van der Waals surface area contributed by atoms with Gasteiger partial charge in [0.1, 0.15) is 11.8 Å². The molecule has 1 heterocycles. The van der Waals surface area contributed by atoms with Gasteiger partial charge in [-0.25, -0.2) is 0 Å². The molecule has 4 rings (SSSR count). The fourth-order valence-corrected chi connectivity index (χ4v) is 2.93. The van der Waals surface area contributed by atoms with Crippen molar-refractivity contribution in [2.45, 2.75) is 0 Å². The molecule has 0 N–H and O–H groups in total. The van der Waals surface area contributed by atoms with Crippen LogP contribution in [-0.4, -0.2) is 5.78 Å². The van der Waals surface area contributed by atoms with Crippen molar-refractivity contribution in [3.05, 3.63) is 113 Å². The van der Waals surface area contributed by atoms with Crippen LogP contribution in [0.2, 0.25) is 0 Å². The molecule has 3 aromatic carbocycles. The second kappa shape index (κ2) is 7.26. The Morgan fingerprint density at radius 2 is 1.56 bits per heavy atom. The first-order valence-electron chi connectivity index (χ1n) is 8.61. The molecule has 0 atom stereocenters. The first-order chi connectivity index (χ1) is 13.2. The monoisotopic (exact) mass is 352 g/mol. The number of allylic oxidation sites excluding steroid dienone is 1. The van der Waals surface area contributed by atoms with E-state index in [0.29, 0.717) is 22.1 Å². The highest BCUT2D eigenvalue weighted by Gasteiger charge is 2.11. The molecule has 0 fully saturated rings. The lowest BCUT2D eigenvalue weighted by atomic mass is 10.0. The van der Waals surface area contributed by atoms with E-state index in [9.17, 15) is 9.59 Å². The van der Waals surface area contributed by atoms with Crippen LogP contribution in [-0.2, 0) is 0 Å². The van der Waals surface area contributed by atoms with Gasteiger partial charge in [0, 0.05) is 5.56 Å². The fraction of sp³-hybridized carbons (Fsp3) is 0. The Hall–Kier alpha value is -3.72. The molecule has 3 heteroatoms. The van der Waals surface area contributed by atoms with Crippen molar-refractivity contribution in [2.24, 2.45) is 0 Å². The van der Waals surface area contributed by atoms with Crippen molar-refractivity contribution in [3.63, 3.8) is 0 Å². The van der Waals surface area contributed by atoms with E-state index in [4.69, 9.17) is 4.42 Å². The Bertz CT molecular complexity index is 1190. The van der Waals surface area contributed by atoms with E-state index in [1.807, 2.05) is 60.7 Å². The number of hydrogen-bond donors (Lipinski definition) is 0. The summed E-state index contributed by atoms with van der Waals surface area (Å²) < 4.78 is 5.66. The van der Waals surface area contributed by atoms with E-state index in [-0.39, 0.29) is 11.2 Å². The zero-order valence-corrected chi connectivity index (χ0v) is 14.5. The van der Waals surface area contributed by atoms with Crippen LogP contribution >= 0.6 is 0 Å². The standard InChI is InChI=1S/C24H16O3/c25-22(14-11-17-7-3-1-4-8-17)19-12-13-20-23(15-19)27-16-21(24(20)26)18-9-5-2-6-10-18/h1-16H. The lowest BCUT2D eigenvalue weighted by Gasteiger charge is -2.04. The van der Waals surface area contributed by atoms with Crippen LogP contribution in [0.25, 0.3) is 28.2 Å². The van der Waals surface area contributed by atoms with Crippen LogP contribution in [0.1, 0.15) is 15.9 Å². The molecule has 0 saturated carbocycles. The molecular formula is C24H16O3. The quantitative estimate of drug-likeness (QED) is 0.367. The second-order valence-corrected chi connectivity index (χ2v) is 6.16. The van der Waals surface area contributed by atoms with Gasteiger partial charge in [-0.15, -0.1) is 0 Å². The summed E-state index contributed by atoms with van der Waals surface area (Å²) >= 11 is 0. The summed E-state index contributed by atoms with van der Waals surface area (Å²) in [5, 5.41) is 0.458. The number of benzene rings is 3. The lowest BCUT2D eigenvalue weighted by molar-refractivity contribution is 0.104. The van der Waals surface area contributed by atoms with E-state index in [1.54, 1.807) is 24.3 Å². The smallest absolute Gasteiger partial charge is 0.200 e. The molecular weight excluding hydrogens is 336 g/mol. The highest BCUT2D eigenvalue weighted by Crippen LogP contribution is 2.20. The summed E-state index contributed by atoms with van der Waals surface area (Å²) in [6.45, 7) is 0. The number of carbonyl (C=O) groups excluding carboxylic acids is 1. The molecule has 4 aromatic rings. The van der Waals surface area contributed by atoms with Crippen LogP contribution < -0.4 is 5.43 Å². The molecule has 0 unspecified atom stereocenters. The van der Waals surface area contributed by atoms with Gasteiger partial charge in [-0.1, -0.05) is 72.8 Å². The van der Waals surface area contributed by atoms with Gasteiger partial charge >= 0.3 is 0 Å². The molecule has 0 bridgehead atoms. The van der Waals surface area contributed by atoms with Crippen molar-refractivity contribution in [3.8, 4) is 11.1 Å². The highest BCUT2D eigenvalue weighted by molar-refractivity contribution is 6.08. The molecule has 130 valence electrons. The predicted molar refractivity (Wildman–Crippen MR) is 108 cm³/mol. The highest BCUT2D eigenvalue weighted by atomic mass is 16.3. The molecule has 3 nitrogen and oxygen atoms in total. The summed E-state index contributed by atoms with van der Waals surface area (Å²) in [5.74, 6) is -0.143. The maximum Gasteiger partial charge on any atom is 0.200 e. The molecule has 0 saturated heterocycles. The van der Waals surface area contributed by atoms with Crippen LogP contribution in [0.15, 0.2) is 100 Å². The maximum atomic E-state index is 12.8. The molecule has 0 aliphatic rings. The van der Waals surface area contributed by atoms with E-state index >= 15 is 0 Å². The number of ketones is 1. The fourth-order valence-electron chi connectivity index (χ4n) is 2.93. The van der Waals surface area contributed by atoms with Gasteiger partial charge in [-0.05, 0) is 29.3 Å². The summed E-state index contributed by atoms with van der Waals surface area (Å²) in [6, 6.07) is 23.9. The second-order valence-electron chi connectivity index (χ2n) is 6.16. The van der Waals surface area contributed by atoms with Crippen molar-refractivity contribution >= 4 is 22.8 Å². The normalized spacial score (nSPS) is 11.1. The minimum atomic E-state index is -0.143. The first kappa shape index (κ1) is 16.7. The van der Waals surface area contributed by atoms with Crippen LogP contribution in [0.4, 0.5) is 0 Å². The molecule has 0 radical (unpaired) electrons. The molecule has 27 heavy (non-hydrogen) atoms. The molecule has 0 aliphatic heterocycles. The topological polar surface area (TPSA) is 47.3 Å². The minimum Gasteiger partial charge on any atom is -0.463 e. The van der Waals surface area contributed by atoms with Crippen molar-refractivity contribution < 1.29 is 9.21 Å². The Labute approximate surface area is 156 Å². The van der Waals surface area contributed by atoms with Crippen molar-refractivity contribution in [1.29, 1.82) is 0 Å². The third-order valence-electron chi connectivity index (χ3n) is 4.37. The Morgan fingerprint density at radius 1 is 0.852 bits per heavy atom. The molecule has 0 aliphatic carbocycles. The third-order valence-corrected chi connectivity index (χ3v) is 4.37. The molecule has 1 aromatic heterocycles. The zero-order chi connectivity index (χ0) is 18.6. The van der Waals surface area contributed by atoms with Gasteiger partial charge in [0.2, 0.25) is 0 Å². The van der Waals surface area contributed by atoms with E-state index < -0.39 is 0 Å². The van der Waals surface area contributed by atoms with Crippen molar-refractivity contribution in [2.75, 3.05) is 0 Å². The summed E-state index contributed by atoms with van der Waals surface area (Å²) in [6.07, 6.45) is 4.74. The number of rotatable bonds is 4. The largest absolute Gasteiger partial charge is 0.463 e. The Morgan fingerprint density at radius 3 is 2.30 bits per heavy atom. The Balaban J connectivity index is 1.68. The summed E-state index contributed by atoms with van der Waals surface area (Å²) in [5.41, 5.74) is 3.03. The average molecular weight is 352 g/mol. The first-order valence-corrected chi connectivity index (χ1v) is 8.61. The van der Waals surface area contributed by atoms with E-state index in [0.717, 1.165) is 11.1 Å². The number of carbonyl (C=O) groups is 1. The van der Waals surface area contributed by atoms with Gasteiger partial charge in [0.15, 0.2) is 11.2 Å². The summed E-state index contributed by atoms with van der Waals surface area (Å²) in [7, 11) is 0. The van der Waals surface area contributed by atoms with Gasteiger partial charge in [0.05, 0.1) is 10.9 Å². The average Bonchev–Trinajstić information content (AvgIpc) is 2.73. The number of hydrogen-bond acceptors (Lipinski definition) is 3. The van der Waals surface area contributed by atoms with Gasteiger partial charge in [-0.3, -0.25) is 9.59 Å². The van der Waals surface area contributed by atoms with E-state index in [2.05, 4.69) is 0 Å². The molecule has 0 amide bonds. The van der Waals surface area contributed by atoms with Crippen molar-refractivity contribution in [1.82, 2.24) is 0 Å². The predicted octanol–water partition coefficient (Wildman–Crippen LogP) is 5.36. The maximum absolute atomic E-state index is 12.8. The van der Waals surface area contributed by atoms with E-state index in [1.165, 1.54) is 12.3 Å². The van der Waals surface area contributed by atoms with Gasteiger partial charge in [-0.2, -0.15) is 0 Å². The van der Waals surface area contributed by atoms with Gasteiger partial charge < -0.3 is 4.42 Å². The minimum absolute atomic E-state index is 0.110. The SMILES string of the molecule is O=C(C=Cc1ccccc1)c1ccc2c(=O)c(-c3ccccc3)coc2c1. The lowest BCUT2D eigenvalue weighted by Crippen LogP contribution is -2.05. The van der Waals surface area contributed by atoms with Crippen LogP contribution in [0.3, 0.4) is 0 Å². The van der Waals surface area contributed by atoms with Crippen LogP contribution in [0.5, 0.6) is 0 Å². The van der Waals surface area contributed by atoms with Gasteiger partial charge in [0.25, 0.3) is 0 Å². The third kappa shape index (κ3) is 3.48. The zero-order valence-electron chi connectivity index (χ0n) is 14.5. The molecule has 0 spiro atoms. The van der Waals surface area contributed by atoms with Crippen LogP contribution in [0, 0.1) is 0 Å². The number of fused-ring (bicyclic) bond motifs is 1.